The molecule has 1 fully saturated rings. The molecule has 1 aromatic carbocycles. The topological polar surface area (TPSA) is 70.5 Å². The number of amides is 1. The van der Waals surface area contributed by atoms with E-state index in [9.17, 15) is 9.59 Å². The van der Waals surface area contributed by atoms with Gasteiger partial charge >= 0.3 is 11.9 Å². The highest BCUT2D eigenvalue weighted by Gasteiger charge is 2.32. The number of carboxylic acid groups (broad SMARTS) is 1. The molecule has 5 nitrogen and oxygen atoms in total. The summed E-state index contributed by atoms with van der Waals surface area (Å²) in [6.45, 7) is 2.39. The lowest BCUT2D eigenvalue weighted by Gasteiger charge is -2.28. The van der Waals surface area contributed by atoms with E-state index in [0.29, 0.717) is 12.5 Å². The van der Waals surface area contributed by atoms with E-state index >= 15 is 0 Å². The van der Waals surface area contributed by atoms with Crippen LogP contribution in [-0.2, 0) is 9.59 Å². The third-order valence-corrected chi connectivity index (χ3v) is 4.71. The molecule has 1 heterocycles. The van der Waals surface area contributed by atoms with E-state index in [-0.39, 0.29) is 6.04 Å². The maximum atomic E-state index is 11.9. The van der Waals surface area contributed by atoms with Gasteiger partial charge < -0.3 is 10.0 Å². The predicted octanol–water partition coefficient (Wildman–Crippen LogP) is 2.68. The van der Waals surface area contributed by atoms with E-state index in [1.807, 2.05) is 25.1 Å². The van der Waals surface area contributed by atoms with Crippen molar-refractivity contribution in [3.63, 3.8) is 0 Å². The van der Waals surface area contributed by atoms with E-state index < -0.39 is 11.9 Å². The van der Waals surface area contributed by atoms with Crippen LogP contribution < -0.4 is 0 Å². The molecule has 1 unspecified atom stereocenters. The fraction of sp³-hybridized carbons (Fsp3) is 0.400. The summed E-state index contributed by atoms with van der Waals surface area (Å²) >= 11 is 1.56. The van der Waals surface area contributed by atoms with Gasteiger partial charge in [0.1, 0.15) is 0 Å². The van der Waals surface area contributed by atoms with Crippen molar-refractivity contribution in [3.8, 4) is 0 Å². The molecule has 21 heavy (non-hydrogen) atoms. The number of carboxylic acids is 1. The van der Waals surface area contributed by atoms with Crippen molar-refractivity contribution in [2.24, 2.45) is 5.92 Å². The van der Waals surface area contributed by atoms with Crippen LogP contribution in [-0.4, -0.2) is 33.4 Å². The van der Waals surface area contributed by atoms with Crippen LogP contribution in [0.3, 0.4) is 0 Å². The molecule has 0 bridgehead atoms. The van der Waals surface area contributed by atoms with Gasteiger partial charge in [-0.3, -0.25) is 4.79 Å². The lowest BCUT2D eigenvalue weighted by molar-refractivity contribution is -0.157. The molecular formula is C15H16N2O3S. The number of benzene rings is 1. The van der Waals surface area contributed by atoms with Crippen LogP contribution in [0.5, 0.6) is 0 Å². The van der Waals surface area contributed by atoms with Crippen LogP contribution in [0.1, 0.15) is 31.4 Å². The molecule has 1 N–H and O–H groups in total. The van der Waals surface area contributed by atoms with E-state index in [1.165, 1.54) is 4.90 Å². The highest BCUT2D eigenvalue weighted by atomic mass is 32.1. The first-order valence-corrected chi connectivity index (χ1v) is 7.81. The number of nitrogens with zero attached hydrogens (tertiary/aromatic N) is 2. The number of carbonyl (C=O) groups excluding carboxylic acids is 1. The summed E-state index contributed by atoms with van der Waals surface area (Å²) in [6, 6.07) is 5.59. The van der Waals surface area contributed by atoms with Crippen LogP contribution in [0, 0.1) is 5.92 Å². The van der Waals surface area contributed by atoms with E-state index in [1.54, 1.807) is 16.8 Å². The molecule has 0 saturated heterocycles. The van der Waals surface area contributed by atoms with Gasteiger partial charge in [-0.2, -0.15) is 0 Å². The SMILES string of the molecule is CC(c1ccc2scnc2c1)N(CC1CC1)C(=O)C(=O)O. The molecule has 0 spiro atoms. The van der Waals surface area contributed by atoms with Crippen molar-refractivity contribution in [2.75, 3.05) is 6.54 Å². The standard InChI is InChI=1S/C15H16N2O3S/c1-9(11-4-5-13-12(6-11)16-8-21-13)17(7-10-2-3-10)14(18)15(19)20/h4-6,8-10H,2-3,7H2,1H3,(H,19,20). The van der Waals surface area contributed by atoms with Crippen LogP contribution in [0.4, 0.5) is 0 Å². The van der Waals surface area contributed by atoms with Crippen molar-refractivity contribution >= 4 is 33.4 Å². The molecule has 110 valence electrons. The van der Waals surface area contributed by atoms with Crippen LogP contribution in [0.2, 0.25) is 0 Å². The van der Waals surface area contributed by atoms with Gasteiger partial charge in [-0.1, -0.05) is 6.07 Å². The summed E-state index contributed by atoms with van der Waals surface area (Å²) in [6.07, 6.45) is 2.14. The minimum absolute atomic E-state index is 0.264. The number of thiazole rings is 1. The van der Waals surface area contributed by atoms with E-state index in [2.05, 4.69) is 4.98 Å². The number of hydrogen-bond donors (Lipinski definition) is 1. The lowest BCUT2D eigenvalue weighted by Crippen LogP contribution is -2.39. The second kappa shape index (κ2) is 5.44. The smallest absolute Gasteiger partial charge is 0.394 e. The zero-order chi connectivity index (χ0) is 15.0. The molecule has 6 heteroatoms. The fourth-order valence-corrected chi connectivity index (χ4v) is 3.09. The molecular weight excluding hydrogens is 288 g/mol. The molecule has 1 aromatic heterocycles. The van der Waals surface area contributed by atoms with Gasteiger partial charge in [-0.15, -0.1) is 11.3 Å². The summed E-state index contributed by atoms with van der Waals surface area (Å²) in [4.78, 5) is 28.7. The molecule has 1 atom stereocenters. The minimum atomic E-state index is -1.39. The van der Waals surface area contributed by atoms with E-state index in [4.69, 9.17) is 5.11 Å². The van der Waals surface area contributed by atoms with Gasteiger partial charge in [0.15, 0.2) is 0 Å². The van der Waals surface area contributed by atoms with Gasteiger partial charge in [0.05, 0.1) is 21.8 Å². The molecule has 1 amide bonds. The van der Waals surface area contributed by atoms with Crippen LogP contribution in [0.15, 0.2) is 23.7 Å². The van der Waals surface area contributed by atoms with Crippen LogP contribution in [0.25, 0.3) is 10.2 Å². The Labute approximate surface area is 126 Å². The number of rotatable bonds is 4. The Balaban J connectivity index is 1.89. The third kappa shape index (κ3) is 2.90. The number of aliphatic carboxylic acids is 1. The summed E-state index contributed by atoms with van der Waals surface area (Å²) in [5.74, 6) is -1.77. The summed E-state index contributed by atoms with van der Waals surface area (Å²) in [7, 11) is 0. The molecule has 1 aliphatic rings. The number of carbonyl (C=O) groups is 2. The van der Waals surface area contributed by atoms with Gasteiger partial charge in [0.2, 0.25) is 0 Å². The fourth-order valence-electron chi connectivity index (χ4n) is 2.43. The first-order chi connectivity index (χ1) is 10.1. The Morgan fingerprint density at radius 2 is 2.24 bits per heavy atom. The maximum absolute atomic E-state index is 11.9. The van der Waals surface area contributed by atoms with Crippen molar-refractivity contribution < 1.29 is 14.7 Å². The second-order valence-electron chi connectivity index (χ2n) is 5.46. The molecule has 3 rings (SSSR count). The van der Waals surface area contributed by atoms with Crippen LogP contribution >= 0.6 is 11.3 Å². The molecule has 0 aliphatic heterocycles. The number of aromatic nitrogens is 1. The van der Waals surface area contributed by atoms with Gasteiger partial charge in [0.25, 0.3) is 0 Å². The summed E-state index contributed by atoms with van der Waals surface area (Å²) < 4.78 is 1.09. The normalized spacial score (nSPS) is 15.9. The first kappa shape index (κ1) is 14.0. The average molecular weight is 304 g/mol. The number of hydrogen-bond acceptors (Lipinski definition) is 4. The largest absolute Gasteiger partial charge is 0.474 e. The quantitative estimate of drug-likeness (QED) is 0.882. The third-order valence-electron chi connectivity index (χ3n) is 3.90. The molecule has 1 aliphatic carbocycles. The summed E-state index contributed by atoms with van der Waals surface area (Å²) in [5, 5.41) is 9.02. The zero-order valence-electron chi connectivity index (χ0n) is 11.7. The van der Waals surface area contributed by atoms with Crippen molar-refractivity contribution in [1.82, 2.24) is 9.88 Å². The molecule has 2 aromatic rings. The molecule has 1 saturated carbocycles. The Bertz CT molecular complexity index is 693. The molecule has 0 radical (unpaired) electrons. The van der Waals surface area contributed by atoms with E-state index in [0.717, 1.165) is 28.6 Å². The average Bonchev–Trinajstić information content (AvgIpc) is 3.17. The zero-order valence-corrected chi connectivity index (χ0v) is 12.5. The van der Waals surface area contributed by atoms with Gasteiger partial charge in [0, 0.05) is 6.54 Å². The van der Waals surface area contributed by atoms with Gasteiger partial charge in [-0.25, -0.2) is 9.78 Å². The highest BCUT2D eigenvalue weighted by Crippen LogP contribution is 2.33. The van der Waals surface area contributed by atoms with Crippen molar-refractivity contribution in [1.29, 1.82) is 0 Å². The summed E-state index contributed by atoms with van der Waals surface area (Å²) in [5.41, 5.74) is 3.59. The lowest BCUT2D eigenvalue weighted by atomic mass is 10.1. The Morgan fingerprint density at radius 3 is 2.90 bits per heavy atom. The Kier molecular flexibility index (Phi) is 3.63. The Morgan fingerprint density at radius 1 is 1.48 bits per heavy atom. The van der Waals surface area contributed by atoms with Crippen molar-refractivity contribution in [2.45, 2.75) is 25.8 Å². The minimum Gasteiger partial charge on any atom is -0.474 e. The van der Waals surface area contributed by atoms with Crippen molar-refractivity contribution in [3.05, 3.63) is 29.3 Å². The second-order valence-corrected chi connectivity index (χ2v) is 6.35. The number of fused-ring (bicyclic) bond motifs is 1. The Hall–Kier alpha value is -1.95. The highest BCUT2D eigenvalue weighted by molar-refractivity contribution is 7.16. The predicted molar refractivity (Wildman–Crippen MR) is 80.1 cm³/mol. The monoisotopic (exact) mass is 304 g/mol. The first-order valence-electron chi connectivity index (χ1n) is 6.93. The van der Waals surface area contributed by atoms with Gasteiger partial charge in [-0.05, 0) is 43.4 Å². The maximum Gasteiger partial charge on any atom is 0.394 e.